The molecule has 0 aliphatic rings. The number of hydrogen-bond acceptors (Lipinski definition) is 4. The van der Waals surface area contributed by atoms with Gasteiger partial charge in [-0.15, -0.1) is 11.3 Å². The summed E-state index contributed by atoms with van der Waals surface area (Å²) in [5.74, 6) is -1.43. The lowest BCUT2D eigenvalue weighted by Crippen LogP contribution is -2.14. The second-order valence-electron chi connectivity index (χ2n) is 6.70. The number of benzene rings is 2. The van der Waals surface area contributed by atoms with E-state index in [4.69, 9.17) is 0 Å². The van der Waals surface area contributed by atoms with Crippen LogP contribution in [0.1, 0.15) is 41.1 Å². The van der Waals surface area contributed by atoms with Crippen LogP contribution in [0.2, 0.25) is 0 Å². The molecule has 3 rings (SSSR count). The number of amides is 2. The molecular weight excluding hydrogens is 389 g/mol. The number of carbonyl (C=O) groups excluding carboxylic acids is 2. The van der Waals surface area contributed by atoms with Gasteiger partial charge >= 0.3 is 0 Å². The summed E-state index contributed by atoms with van der Waals surface area (Å²) in [5, 5.41) is 5.59. The van der Waals surface area contributed by atoms with E-state index in [2.05, 4.69) is 34.7 Å². The van der Waals surface area contributed by atoms with Gasteiger partial charge in [-0.1, -0.05) is 37.6 Å². The number of anilines is 2. The van der Waals surface area contributed by atoms with Crippen LogP contribution in [0.3, 0.4) is 0 Å². The van der Waals surface area contributed by atoms with Crippen molar-refractivity contribution in [3.05, 3.63) is 64.3 Å². The third-order valence-electron chi connectivity index (χ3n) is 4.32. The standard InChI is InChI=1S/C22H22FN3O2S/c1-4-5-15-6-8-16(9-7-15)20-13(2)29-22(25-20)26-21(28)17-10-11-18(23)19(12-17)24-14(3)27/h6-12H,4-5H2,1-3H3,(H,24,27)(H,25,26,28). The molecule has 1 heterocycles. The van der Waals surface area contributed by atoms with Crippen LogP contribution in [0, 0.1) is 12.7 Å². The molecule has 0 saturated carbocycles. The topological polar surface area (TPSA) is 71.1 Å². The molecule has 1 aromatic heterocycles. The normalized spacial score (nSPS) is 10.6. The molecule has 2 amide bonds. The van der Waals surface area contributed by atoms with Gasteiger partial charge in [-0.05, 0) is 37.1 Å². The third kappa shape index (κ3) is 5.06. The zero-order valence-corrected chi connectivity index (χ0v) is 17.3. The predicted molar refractivity (Wildman–Crippen MR) is 115 cm³/mol. The van der Waals surface area contributed by atoms with Crippen molar-refractivity contribution in [2.24, 2.45) is 0 Å². The van der Waals surface area contributed by atoms with Gasteiger partial charge < -0.3 is 5.32 Å². The Bertz CT molecular complexity index is 1040. The van der Waals surface area contributed by atoms with Gasteiger partial charge in [0.15, 0.2) is 5.13 Å². The number of nitrogens with zero attached hydrogens (tertiary/aromatic N) is 1. The van der Waals surface area contributed by atoms with Crippen molar-refractivity contribution in [1.82, 2.24) is 4.98 Å². The second kappa shape index (κ2) is 8.96. The molecule has 2 N–H and O–H groups in total. The largest absolute Gasteiger partial charge is 0.324 e. The first kappa shape index (κ1) is 20.7. The van der Waals surface area contributed by atoms with Gasteiger partial charge in [0, 0.05) is 22.9 Å². The van der Waals surface area contributed by atoms with E-state index < -0.39 is 17.6 Å². The van der Waals surface area contributed by atoms with Crippen molar-refractivity contribution in [3.8, 4) is 11.3 Å². The Balaban J connectivity index is 1.78. The van der Waals surface area contributed by atoms with E-state index in [0.29, 0.717) is 5.13 Å². The van der Waals surface area contributed by atoms with Crippen LogP contribution in [0.15, 0.2) is 42.5 Å². The first-order chi connectivity index (χ1) is 13.9. The molecule has 2 aromatic carbocycles. The summed E-state index contributed by atoms with van der Waals surface area (Å²) in [7, 11) is 0. The summed E-state index contributed by atoms with van der Waals surface area (Å²) in [5.41, 5.74) is 3.30. The zero-order chi connectivity index (χ0) is 21.0. The Morgan fingerprint density at radius 1 is 1.10 bits per heavy atom. The molecule has 0 spiro atoms. The molecule has 3 aromatic rings. The SMILES string of the molecule is CCCc1ccc(-c2nc(NC(=O)c3ccc(F)c(NC(C)=O)c3)sc2C)cc1. The van der Waals surface area contributed by atoms with Crippen LogP contribution < -0.4 is 10.6 Å². The maximum absolute atomic E-state index is 13.8. The highest BCUT2D eigenvalue weighted by Crippen LogP contribution is 2.31. The highest BCUT2D eigenvalue weighted by atomic mass is 32.1. The highest BCUT2D eigenvalue weighted by Gasteiger charge is 2.15. The predicted octanol–water partition coefficient (Wildman–Crippen LogP) is 5.42. The zero-order valence-electron chi connectivity index (χ0n) is 16.5. The number of nitrogens with one attached hydrogen (secondary N) is 2. The molecule has 5 nitrogen and oxygen atoms in total. The van der Waals surface area contributed by atoms with Gasteiger partial charge in [0.25, 0.3) is 5.91 Å². The van der Waals surface area contributed by atoms with Crippen LogP contribution in [0.5, 0.6) is 0 Å². The fraction of sp³-hybridized carbons (Fsp3) is 0.227. The van der Waals surface area contributed by atoms with Crippen LogP contribution in [0.25, 0.3) is 11.3 Å². The Morgan fingerprint density at radius 3 is 2.48 bits per heavy atom. The molecule has 150 valence electrons. The Kier molecular flexibility index (Phi) is 6.39. The van der Waals surface area contributed by atoms with Crippen molar-refractivity contribution in [2.75, 3.05) is 10.6 Å². The lowest BCUT2D eigenvalue weighted by atomic mass is 10.1. The Hall–Kier alpha value is -3.06. The molecule has 0 aliphatic heterocycles. The minimum Gasteiger partial charge on any atom is -0.324 e. The van der Waals surface area contributed by atoms with Crippen molar-refractivity contribution < 1.29 is 14.0 Å². The highest BCUT2D eigenvalue weighted by molar-refractivity contribution is 7.16. The first-order valence-corrected chi connectivity index (χ1v) is 10.1. The van der Waals surface area contributed by atoms with E-state index in [1.807, 2.05) is 19.1 Å². The van der Waals surface area contributed by atoms with Crippen LogP contribution >= 0.6 is 11.3 Å². The van der Waals surface area contributed by atoms with E-state index in [9.17, 15) is 14.0 Å². The van der Waals surface area contributed by atoms with Crippen molar-refractivity contribution in [3.63, 3.8) is 0 Å². The van der Waals surface area contributed by atoms with Crippen LogP contribution in [-0.4, -0.2) is 16.8 Å². The van der Waals surface area contributed by atoms with E-state index in [0.717, 1.165) is 35.0 Å². The monoisotopic (exact) mass is 411 g/mol. The van der Waals surface area contributed by atoms with Gasteiger partial charge in [-0.2, -0.15) is 0 Å². The lowest BCUT2D eigenvalue weighted by Gasteiger charge is -2.07. The van der Waals surface area contributed by atoms with Crippen molar-refractivity contribution in [2.45, 2.75) is 33.6 Å². The van der Waals surface area contributed by atoms with Crippen LogP contribution in [-0.2, 0) is 11.2 Å². The molecule has 7 heteroatoms. The molecule has 0 fully saturated rings. The molecule has 29 heavy (non-hydrogen) atoms. The lowest BCUT2D eigenvalue weighted by molar-refractivity contribution is -0.114. The van der Waals surface area contributed by atoms with Crippen molar-refractivity contribution in [1.29, 1.82) is 0 Å². The molecule has 0 bridgehead atoms. The molecule has 0 aliphatic carbocycles. The number of thiazole rings is 1. The number of aromatic nitrogens is 1. The summed E-state index contributed by atoms with van der Waals surface area (Å²) >= 11 is 1.38. The van der Waals surface area contributed by atoms with E-state index in [-0.39, 0.29) is 11.3 Å². The molecular formula is C22H22FN3O2S. The van der Waals surface area contributed by atoms with Crippen molar-refractivity contribution >= 4 is 34.0 Å². The summed E-state index contributed by atoms with van der Waals surface area (Å²) in [4.78, 5) is 29.3. The average Bonchev–Trinajstić information content (AvgIpc) is 3.04. The number of aryl methyl sites for hydroxylation is 2. The Morgan fingerprint density at radius 2 is 1.83 bits per heavy atom. The van der Waals surface area contributed by atoms with Gasteiger partial charge in [0.05, 0.1) is 11.4 Å². The summed E-state index contributed by atoms with van der Waals surface area (Å²) < 4.78 is 13.8. The van der Waals surface area contributed by atoms with Gasteiger partial charge in [-0.3, -0.25) is 14.9 Å². The summed E-state index contributed by atoms with van der Waals surface area (Å²) in [6.07, 6.45) is 2.13. The fourth-order valence-electron chi connectivity index (χ4n) is 2.96. The van der Waals surface area contributed by atoms with Crippen LogP contribution in [0.4, 0.5) is 15.2 Å². The quantitative estimate of drug-likeness (QED) is 0.569. The number of halogens is 1. The second-order valence-corrected chi connectivity index (χ2v) is 7.90. The smallest absolute Gasteiger partial charge is 0.257 e. The third-order valence-corrected chi connectivity index (χ3v) is 5.21. The molecule has 0 atom stereocenters. The van der Waals surface area contributed by atoms with E-state index in [1.165, 1.54) is 36.0 Å². The summed E-state index contributed by atoms with van der Waals surface area (Å²) in [6.45, 7) is 5.38. The van der Waals surface area contributed by atoms with Gasteiger partial charge in [0.2, 0.25) is 5.91 Å². The summed E-state index contributed by atoms with van der Waals surface area (Å²) in [6, 6.07) is 12.1. The minimum atomic E-state index is -0.601. The average molecular weight is 412 g/mol. The number of carbonyl (C=O) groups is 2. The van der Waals surface area contributed by atoms with Gasteiger partial charge in [-0.25, -0.2) is 9.37 Å². The fourth-order valence-corrected chi connectivity index (χ4v) is 3.79. The molecule has 0 saturated heterocycles. The van der Waals surface area contributed by atoms with E-state index >= 15 is 0 Å². The Labute approximate surface area is 173 Å². The molecule has 0 unspecified atom stereocenters. The minimum absolute atomic E-state index is 0.0340. The van der Waals surface area contributed by atoms with E-state index in [1.54, 1.807) is 0 Å². The number of hydrogen-bond donors (Lipinski definition) is 2. The van der Waals surface area contributed by atoms with Gasteiger partial charge in [0.1, 0.15) is 5.82 Å². The molecule has 0 radical (unpaired) electrons. The number of rotatable bonds is 6. The first-order valence-electron chi connectivity index (χ1n) is 9.32. The maximum atomic E-state index is 13.8. The maximum Gasteiger partial charge on any atom is 0.257 e.